The molecule has 1 aliphatic rings. The standard InChI is InChI=1S/C13H19NO4S2/c1-10-9-13(11(2)8-12(10)18-3)20(16,17)14-19(15)6-4-5-7-19/h8-9H,4-7H2,1-3H3. The molecule has 5 nitrogen and oxygen atoms in total. The van der Waals surface area contributed by atoms with E-state index in [1.54, 1.807) is 19.9 Å². The van der Waals surface area contributed by atoms with Crippen molar-refractivity contribution in [2.75, 3.05) is 18.6 Å². The number of rotatable bonds is 3. The van der Waals surface area contributed by atoms with Gasteiger partial charge in [-0.15, -0.1) is 3.77 Å². The smallest absolute Gasteiger partial charge is 0.290 e. The van der Waals surface area contributed by atoms with E-state index < -0.39 is 19.8 Å². The molecule has 0 N–H and O–H groups in total. The Bertz CT molecular complexity index is 732. The van der Waals surface area contributed by atoms with Gasteiger partial charge < -0.3 is 4.74 Å². The van der Waals surface area contributed by atoms with Gasteiger partial charge in [0, 0.05) is 11.5 Å². The molecule has 1 saturated heterocycles. The molecule has 20 heavy (non-hydrogen) atoms. The number of hydrogen-bond donors (Lipinski definition) is 0. The van der Waals surface area contributed by atoms with E-state index in [4.69, 9.17) is 4.74 Å². The zero-order valence-electron chi connectivity index (χ0n) is 11.9. The van der Waals surface area contributed by atoms with E-state index in [-0.39, 0.29) is 4.90 Å². The fourth-order valence-electron chi connectivity index (χ4n) is 2.31. The van der Waals surface area contributed by atoms with Crippen LogP contribution in [0.1, 0.15) is 24.0 Å². The van der Waals surface area contributed by atoms with E-state index in [9.17, 15) is 12.6 Å². The van der Waals surface area contributed by atoms with Crippen molar-refractivity contribution in [3.8, 4) is 5.75 Å². The van der Waals surface area contributed by atoms with E-state index in [2.05, 4.69) is 3.77 Å². The molecule has 0 atom stereocenters. The molecule has 0 radical (unpaired) electrons. The highest BCUT2D eigenvalue weighted by Crippen LogP contribution is 2.28. The third-order valence-corrected chi connectivity index (χ3v) is 8.10. The molecule has 1 heterocycles. The maximum Gasteiger partial charge on any atom is 0.290 e. The molecule has 0 bridgehead atoms. The molecule has 7 heteroatoms. The molecule has 0 aromatic heterocycles. The molecular weight excluding hydrogens is 298 g/mol. The lowest BCUT2D eigenvalue weighted by molar-refractivity contribution is 0.411. The number of benzene rings is 1. The summed E-state index contributed by atoms with van der Waals surface area (Å²) in [6.07, 6.45) is 1.55. The Morgan fingerprint density at radius 3 is 2.30 bits per heavy atom. The number of ether oxygens (including phenoxy) is 1. The quantitative estimate of drug-likeness (QED) is 0.857. The fourth-order valence-corrected chi connectivity index (χ4v) is 6.97. The molecule has 0 unspecified atom stereocenters. The van der Waals surface area contributed by atoms with Gasteiger partial charge in [0.15, 0.2) is 0 Å². The van der Waals surface area contributed by atoms with E-state index >= 15 is 0 Å². The van der Waals surface area contributed by atoms with Gasteiger partial charge in [-0.2, -0.15) is 8.42 Å². The number of methoxy groups -OCH3 is 1. The maximum absolute atomic E-state index is 12.4. The van der Waals surface area contributed by atoms with Crippen LogP contribution in [-0.2, 0) is 19.8 Å². The van der Waals surface area contributed by atoms with E-state index in [0.29, 0.717) is 28.4 Å². The number of nitrogens with zero attached hydrogens (tertiary/aromatic N) is 1. The van der Waals surface area contributed by atoms with Crippen molar-refractivity contribution in [1.29, 1.82) is 0 Å². The van der Waals surface area contributed by atoms with Crippen LogP contribution in [0.4, 0.5) is 0 Å². The highest BCUT2D eigenvalue weighted by molar-refractivity contribution is 8.03. The molecule has 1 aliphatic heterocycles. The van der Waals surface area contributed by atoms with Gasteiger partial charge in [0.1, 0.15) is 5.75 Å². The summed E-state index contributed by atoms with van der Waals surface area (Å²) >= 11 is 0. The van der Waals surface area contributed by atoms with Crippen molar-refractivity contribution in [2.24, 2.45) is 3.77 Å². The molecule has 112 valence electrons. The Balaban J connectivity index is 2.56. The summed E-state index contributed by atoms with van der Waals surface area (Å²) in [6, 6.07) is 3.20. The Morgan fingerprint density at radius 2 is 1.75 bits per heavy atom. The molecule has 0 spiro atoms. The predicted octanol–water partition coefficient (Wildman–Crippen LogP) is 2.26. The van der Waals surface area contributed by atoms with Crippen LogP contribution in [0.25, 0.3) is 0 Å². The van der Waals surface area contributed by atoms with Crippen molar-refractivity contribution >= 4 is 19.8 Å². The Labute approximate surface area is 120 Å². The molecule has 1 fully saturated rings. The predicted molar refractivity (Wildman–Crippen MR) is 79.2 cm³/mol. The van der Waals surface area contributed by atoms with Crippen LogP contribution in [0.2, 0.25) is 0 Å². The van der Waals surface area contributed by atoms with Crippen LogP contribution in [0.5, 0.6) is 5.75 Å². The Kier molecular flexibility index (Phi) is 4.11. The van der Waals surface area contributed by atoms with Crippen molar-refractivity contribution in [3.63, 3.8) is 0 Å². The van der Waals surface area contributed by atoms with Crippen molar-refractivity contribution in [3.05, 3.63) is 23.3 Å². The topological polar surface area (TPSA) is 72.8 Å². The molecule has 0 amide bonds. The van der Waals surface area contributed by atoms with Crippen LogP contribution in [-0.4, -0.2) is 31.2 Å². The first-order chi connectivity index (χ1) is 9.27. The number of aryl methyl sites for hydroxylation is 2. The van der Waals surface area contributed by atoms with Gasteiger partial charge in [-0.05, 0) is 49.9 Å². The van der Waals surface area contributed by atoms with Crippen molar-refractivity contribution in [2.45, 2.75) is 31.6 Å². The first-order valence-corrected chi connectivity index (χ1v) is 9.71. The van der Waals surface area contributed by atoms with Gasteiger partial charge in [-0.1, -0.05) is 0 Å². The third-order valence-electron chi connectivity index (χ3n) is 3.38. The second-order valence-electron chi connectivity index (χ2n) is 5.02. The lowest BCUT2D eigenvalue weighted by Crippen LogP contribution is -2.08. The minimum Gasteiger partial charge on any atom is -0.496 e. The fraction of sp³-hybridized carbons (Fsp3) is 0.538. The second-order valence-corrected chi connectivity index (χ2v) is 9.37. The highest BCUT2D eigenvalue weighted by Gasteiger charge is 2.24. The summed E-state index contributed by atoms with van der Waals surface area (Å²) < 4.78 is 46.0. The van der Waals surface area contributed by atoms with Crippen LogP contribution in [0, 0.1) is 13.8 Å². The lowest BCUT2D eigenvalue weighted by Gasteiger charge is -2.10. The van der Waals surface area contributed by atoms with E-state index in [0.717, 1.165) is 12.8 Å². The number of hydrogen-bond acceptors (Lipinski definition) is 4. The van der Waals surface area contributed by atoms with Crippen LogP contribution < -0.4 is 4.74 Å². The largest absolute Gasteiger partial charge is 0.496 e. The average Bonchev–Trinajstić information content (AvgIpc) is 2.77. The Morgan fingerprint density at radius 1 is 1.15 bits per heavy atom. The van der Waals surface area contributed by atoms with Gasteiger partial charge in [0.2, 0.25) is 0 Å². The highest BCUT2D eigenvalue weighted by atomic mass is 32.3. The summed E-state index contributed by atoms with van der Waals surface area (Å²) in [6.45, 7) is 3.46. The van der Waals surface area contributed by atoms with Crippen molar-refractivity contribution < 1.29 is 17.4 Å². The summed E-state index contributed by atoms with van der Waals surface area (Å²) in [4.78, 5) is 0.116. The van der Waals surface area contributed by atoms with Gasteiger partial charge in [-0.3, -0.25) is 0 Å². The van der Waals surface area contributed by atoms with Gasteiger partial charge in [0.25, 0.3) is 10.0 Å². The van der Waals surface area contributed by atoms with Crippen LogP contribution in [0.3, 0.4) is 0 Å². The molecule has 2 rings (SSSR count). The zero-order chi connectivity index (χ0) is 15.0. The Hall–Kier alpha value is -1.08. The molecule has 1 aromatic carbocycles. The van der Waals surface area contributed by atoms with Crippen LogP contribution >= 0.6 is 0 Å². The first kappa shape index (κ1) is 15.3. The second kappa shape index (κ2) is 5.37. The van der Waals surface area contributed by atoms with Crippen LogP contribution in [0.15, 0.2) is 20.8 Å². The average molecular weight is 317 g/mol. The summed E-state index contributed by atoms with van der Waals surface area (Å²) in [5.74, 6) is 1.38. The van der Waals surface area contributed by atoms with E-state index in [1.807, 2.05) is 0 Å². The molecular formula is C13H19NO4S2. The summed E-state index contributed by atoms with van der Waals surface area (Å²) in [5, 5.41) is 0. The first-order valence-electron chi connectivity index (χ1n) is 6.41. The molecule has 1 aromatic rings. The van der Waals surface area contributed by atoms with Crippen molar-refractivity contribution in [1.82, 2.24) is 0 Å². The van der Waals surface area contributed by atoms with Gasteiger partial charge in [-0.25, -0.2) is 4.21 Å². The minimum absolute atomic E-state index is 0.116. The third kappa shape index (κ3) is 2.98. The van der Waals surface area contributed by atoms with Gasteiger partial charge in [0.05, 0.1) is 21.7 Å². The zero-order valence-corrected chi connectivity index (χ0v) is 13.5. The summed E-state index contributed by atoms with van der Waals surface area (Å²) in [7, 11) is -4.95. The summed E-state index contributed by atoms with van der Waals surface area (Å²) in [5.41, 5.74) is 1.27. The van der Waals surface area contributed by atoms with E-state index in [1.165, 1.54) is 13.2 Å². The monoisotopic (exact) mass is 317 g/mol. The minimum atomic E-state index is -3.89. The number of sulfonamides is 1. The normalized spacial score (nSPS) is 17.9. The van der Waals surface area contributed by atoms with Gasteiger partial charge >= 0.3 is 0 Å². The molecule has 0 saturated carbocycles. The SMILES string of the molecule is COc1cc(C)c(S(=O)(=O)N=S2(=O)CCCC2)cc1C. The molecule has 0 aliphatic carbocycles. The lowest BCUT2D eigenvalue weighted by atomic mass is 10.1. The maximum atomic E-state index is 12.4.